The Morgan fingerprint density at radius 1 is 0.375 bits per heavy atom. The van der Waals surface area contributed by atoms with Crippen LogP contribution in [0, 0.1) is 20.9 Å². The standard InChI is InChI=1S/C32H32/c1-31(2,3)27-19-9-7-13-21(27)23-15-11-17-25-26-18-12-16-24(30(26)29(23)25)22-14-8-10-20-28(22)32(4,5)6/h7-20H,1-6H3. The first-order valence-corrected chi connectivity index (χ1v) is 11.6. The molecule has 0 amide bonds. The average molecular weight is 417 g/mol. The number of hydrogen-bond donors (Lipinski definition) is 0. The van der Waals surface area contributed by atoms with Gasteiger partial charge in [-0.3, -0.25) is 0 Å². The third-order valence-electron chi connectivity index (χ3n) is 6.72. The summed E-state index contributed by atoms with van der Waals surface area (Å²) in [4.78, 5) is 0. The highest BCUT2D eigenvalue weighted by molar-refractivity contribution is 5.75. The van der Waals surface area contributed by atoms with E-state index in [0.29, 0.717) is 0 Å². The highest BCUT2D eigenvalue weighted by Crippen LogP contribution is 2.38. The van der Waals surface area contributed by atoms with Crippen LogP contribution in [0.3, 0.4) is 0 Å². The molecule has 0 nitrogen and oxygen atoms in total. The Hall–Kier alpha value is -3.12. The lowest BCUT2D eigenvalue weighted by atomic mass is 9.79. The summed E-state index contributed by atoms with van der Waals surface area (Å²) in [5.41, 5.74) is 8.36. The summed E-state index contributed by atoms with van der Waals surface area (Å²) in [6.45, 7) is 13.8. The van der Waals surface area contributed by atoms with Gasteiger partial charge in [0.15, 0.2) is 0 Å². The minimum Gasteiger partial charge on any atom is -0.0619 e. The van der Waals surface area contributed by atoms with Crippen molar-refractivity contribution in [2.75, 3.05) is 0 Å². The van der Waals surface area contributed by atoms with E-state index in [2.05, 4.69) is 126 Å². The highest BCUT2D eigenvalue weighted by Gasteiger charge is 2.22. The summed E-state index contributed by atoms with van der Waals surface area (Å²) in [6.07, 6.45) is 0. The molecule has 160 valence electrons. The molecule has 0 heteroatoms. The molecule has 1 aliphatic rings. The Kier molecular flexibility index (Phi) is 4.67. The Morgan fingerprint density at radius 2 is 0.719 bits per heavy atom. The molecule has 4 aromatic carbocycles. The molecular formula is C32H32. The topological polar surface area (TPSA) is 0 Å². The zero-order valence-corrected chi connectivity index (χ0v) is 20.1. The van der Waals surface area contributed by atoms with Gasteiger partial charge in [-0.15, -0.1) is 0 Å². The third kappa shape index (κ3) is 3.21. The number of fused-ring (bicyclic) bond motifs is 2. The monoisotopic (exact) mass is 416 g/mol. The van der Waals surface area contributed by atoms with Crippen LogP contribution >= 0.6 is 0 Å². The van der Waals surface area contributed by atoms with Crippen LogP contribution in [0.15, 0.2) is 84.9 Å². The molecule has 4 aromatic rings. The van der Waals surface area contributed by atoms with Gasteiger partial charge in [-0.1, -0.05) is 126 Å². The molecule has 0 heterocycles. The van der Waals surface area contributed by atoms with E-state index in [1.807, 2.05) is 0 Å². The van der Waals surface area contributed by atoms with Gasteiger partial charge in [0, 0.05) is 0 Å². The minimum absolute atomic E-state index is 0.0875. The van der Waals surface area contributed by atoms with E-state index in [1.165, 1.54) is 54.3 Å². The van der Waals surface area contributed by atoms with Crippen molar-refractivity contribution in [3.05, 3.63) is 117 Å². The Bertz CT molecular complexity index is 1410. The normalized spacial score (nSPS) is 12.7. The SMILES string of the molecule is CC(C)(C)c1ccccc1-c1cccc2c1=c1c(-c3ccccc3C(C)(C)C)cccc1=2. The first kappa shape index (κ1) is 20.8. The van der Waals surface area contributed by atoms with Gasteiger partial charge in [0.25, 0.3) is 0 Å². The molecule has 5 rings (SSSR count). The number of rotatable bonds is 2. The van der Waals surface area contributed by atoms with Crippen LogP contribution in [0.4, 0.5) is 0 Å². The predicted octanol–water partition coefficient (Wildman–Crippen LogP) is 8.50. The summed E-state index contributed by atoms with van der Waals surface area (Å²) in [5, 5.41) is 5.55. The first-order valence-electron chi connectivity index (χ1n) is 11.6. The van der Waals surface area contributed by atoms with Gasteiger partial charge in [0.2, 0.25) is 0 Å². The van der Waals surface area contributed by atoms with E-state index in [-0.39, 0.29) is 10.8 Å². The van der Waals surface area contributed by atoms with Crippen molar-refractivity contribution in [3.8, 4) is 22.3 Å². The average Bonchev–Trinajstić information content (AvgIpc) is 2.75. The maximum absolute atomic E-state index is 2.31. The van der Waals surface area contributed by atoms with Crippen LogP contribution in [0.2, 0.25) is 0 Å². The molecule has 0 N–H and O–H groups in total. The molecule has 0 radical (unpaired) electrons. The smallest absolute Gasteiger partial charge is 0.00140 e. The second kappa shape index (κ2) is 7.20. The first-order chi connectivity index (χ1) is 15.2. The molecule has 0 saturated heterocycles. The Labute approximate surface area is 191 Å². The molecule has 0 unspecified atom stereocenters. The summed E-state index contributed by atoms with van der Waals surface area (Å²) in [7, 11) is 0. The van der Waals surface area contributed by atoms with Crippen LogP contribution in [0.25, 0.3) is 22.3 Å². The number of benzene rings is 4. The van der Waals surface area contributed by atoms with E-state index in [0.717, 1.165) is 0 Å². The lowest BCUT2D eigenvalue weighted by molar-refractivity contribution is 0.591. The molecule has 0 fully saturated rings. The maximum Gasteiger partial charge on any atom is -0.00140 e. The van der Waals surface area contributed by atoms with Gasteiger partial charge >= 0.3 is 0 Å². The van der Waals surface area contributed by atoms with E-state index in [9.17, 15) is 0 Å². The zero-order valence-electron chi connectivity index (χ0n) is 20.1. The summed E-state index contributed by atoms with van der Waals surface area (Å²) in [6, 6.07) is 31.4. The van der Waals surface area contributed by atoms with Crippen LogP contribution in [-0.4, -0.2) is 0 Å². The predicted molar refractivity (Wildman–Crippen MR) is 136 cm³/mol. The van der Waals surface area contributed by atoms with Crippen LogP contribution in [0.1, 0.15) is 52.7 Å². The fourth-order valence-electron chi connectivity index (χ4n) is 5.22. The molecule has 0 spiro atoms. The molecule has 0 bridgehead atoms. The van der Waals surface area contributed by atoms with Gasteiger partial charge in [0.05, 0.1) is 0 Å². The third-order valence-corrected chi connectivity index (χ3v) is 6.72. The lowest BCUT2D eigenvalue weighted by Crippen LogP contribution is -2.13. The molecule has 0 aromatic heterocycles. The molecular weight excluding hydrogens is 384 g/mol. The largest absolute Gasteiger partial charge is 0.0619 e. The van der Waals surface area contributed by atoms with Crippen molar-refractivity contribution in [1.82, 2.24) is 0 Å². The maximum atomic E-state index is 2.31. The highest BCUT2D eigenvalue weighted by atomic mass is 14.3. The quantitative estimate of drug-likeness (QED) is 0.270. The van der Waals surface area contributed by atoms with Gasteiger partial charge in [-0.05, 0) is 65.1 Å². The van der Waals surface area contributed by atoms with Crippen LogP contribution < -0.4 is 0 Å². The molecule has 1 aliphatic carbocycles. The molecule has 32 heavy (non-hydrogen) atoms. The van der Waals surface area contributed by atoms with Gasteiger partial charge in [-0.25, -0.2) is 0 Å². The van der Waals surface area contributed by atoms with Crippen molar-refractivity contribution in [3.63, 3.8) is 0 Å². The minimum atomic E-state index is 0.0875. The van der Waals surface area contributed by atoms with Crippen LogP contribution in [0.5, 0.6) is 0 Å². The van der Waals surface area contributed by atoms with Gasteiger partial charge in [0.1, 0.15) is 0 Å². The van der Waals surface area contributed by atoms with E-state index >= 15 is 0 Å². The fourth-order valence-corrected chi connectivity index (χ4v) is 5.22. The lowest BCUT2D eigenvalue weighted by Gasteiger charge is -2.25. The van der Waals surface area contributed by atoms with E-state index in [1.54, 1.807) is 0 Å². The second-order valence-corrected chi connectivity index (χ2v) is 11.0. The van der Waals surface area contributed by atoms with Gasteiger partial charge < -0.3 is 0 Å². The van der Waals surface area contributed by atoms with E-state index < -0.39 is 0 Å². The summed E-state index contributed by atoms with van der Waals surface area (Å²) in [5.74, 6) is 0. The Morgan fingerprint density at radius 3 is 1.09 bits per heavy atom. The molecule has 0 aliphatic heterocycles. The molecule has 0 saturated carbocycles. The fraction of sp³-hybridized carbons (Fsp3) is 0.250. The van der Waals surface area contributed by atoms with Crippen molar-refractivity contribution < 1.29 is 0 Å². The van der Waals surface area contributed by atoms with Gasteiger partial charge in [-0.2, -0.15) is 0 Å². The summed E-state index contributed by atoms with van der Waals surface area (Å²) < 4.78 is 0. The van der Waals surface area contributed by atoms with E-state index in [4.69, 9.17) is 0 Å². The molecule has 0 atom stereocenters. The zero-order chi connectivity index (χ0) is 22.7. The summed E-state index contributed by atoms with van der Waals surface area (Å²) >= 11 is 0. The second-order valence-electron chi connectivity index (χ2n) is 11.0. The number of hydrogen-bond acceptors (Lipinski definition) is 0. The van der Waals surface area contributed by atoms with Crippen molar-refractivity contribution in [2.45, 2.75) is 52.4 Å². The van der Waals surface area contributed by atoms with Crippen molar-refractivity contribution >= 4 is 0 Å². The van der Waals surface area contributed by atoms with Crippen LogP contribution in [-0.2, 0) is 10.8 Å². The Balaban J connectivity index is 1.90. The van der Waals surface area contributed by atoms with Crippen molar-refractivity contribution in [1.29, 1.82) is 0 Å². The van der Waals surface area contributed by atoms with Crippen molar-refractivity contribution in [2.24, 2.45) is 0 Å².